The van der Waals surface area contributed by atoms with Crippen LogP contribution in [0, 0.1) is 5.92 Å². The van der Waals surface area contributed by atoms with Crippen LogP contribution >= 0.6 is 0 Å². The molecule has 0 spiro atoms. The molecule has 4 rings (SSSR count). The zero-order chi connectivity index (χ0) is 13.5. The van der Waals surface area contributed by atoms with Gasteiger partial charge in [0, 0.05) is 12.1 Å². The minimum atomic E-state index is -0.147. The van der Waals surface area contributed by atoms with Crippen molar-refractivity contribution in [3.05, 3.63) is 41.5 Å². The average Bonchev–Trinajstić information content (AvgIpc) is 2.77. The number of ether oxygens (including phenoxy) is 1. The van der Waals surface area contributed by atoms with Gasteiger partial charge in [-0.2, -0.15) is 0 Å². The van der Waals surface area contributed by atoms with Crippen LogP contribution in [-0.2, 0) is 4.74 Å². The van der Waals surface area contributed by atoms with Gasteiger partial charge in [0.05, 0.1) is 6.04 Å². The quantitative estimate of drug-likeness (QED) is 0.775. The molecule has 1 aromatic rings. The first-order valence-electron chi connectivity index (χ1n) is 7.61. The highest BCUT2D eigenvalue weighted by molar-refractivity contribution is 5.82. The number of nitrogens with zero attached hydrogens (tertiary/aromatic N) is 1. The second kappa shape index (κ2) is 4.65. The molecule has 1 aromatic carbocycles. The van der Waals surface area contributed by atoms with E-state index < -0.39 is 0 Å². The first-order valence-corrected chi connectivity index (χ1v) is 7.61. The van der Waals surface area contributed by atoms with Crippen LogP contribution in [0.5, 0.6) is 0 Å². The molecule has 0 bridgehead atoms. The SMILES string of the molecule is O=C1OC(c2ccccc2)=C2CC[C@H]3CCCCN1[C@H]23. The van der Waals surface area contributed by atoms with E-state index in [-0.39, 0.29) is 6.09 Å². The molecule has 1 saturated heterocycles. The van der Waals surface area contributed by atoms with E-state index >= 15 is 0 Å². The van der Waals surface area contributed by atoms with Gasteiger partial charge in [-0.05, 0) is 37.2 Å². The number of hydrogen-bond donors (Lipinski definition) is 0. The van der Waals surface area contributed by atoms with Crippen LogP contribution in [0.2, 0.25) is 0 Å². The van der Waals surface area contributed by atoms with Gasteiger partial charge >= 0.3 is 6.09 Å². The van der Waals surface area contributed by atoms with Crippen LogP contribution in [0.3, 0.4) is 0 Å². The standard InChI is InChI=1S/C17H19NO2/c19-17-18-11-5-4-6-12-9-10-14(15(12)18)16(20-17)13-7-2-1-3-8-13/h1-3,7-8,12,15H,4-6,9-11H2/t12-,15+/m1/s1. The Morgan fingerprint density at radius 3 is 2.80 bits per heavy atom. The maximum absolute atomic E-state index is 12.4. The molecule has 2 fully saturated rings. The lowest BCUT2D eigenvalue weighted by molar-refractivity contribution is 0.113. The summed E-state index contributed by atoms with van der Waals surface area (Å²) in [7, 11) is 0. The monoisotopic (exact) mass is 269 g/mol. The highest BCUT2D eigenvalue weighted by Crippen LogP contribution is 2.46. The summed E-state index contributed by atoms with van der Waals surface area (Å²) in [5.74, 6) is 1.47. The average molecular weight is 269 g/mol. The van der Waals surface area contributed by atoms with E-state index in [0.717, 1.165) is 30.7 Å². The Morgan fingerprint density at radius 2 is 1.95 bits per heavy atom. The Balaban J connectivity index is 1.82. The van der Waals surface area contributed by atoms with Crippen LogP contribution in [-0.4, -0.2) is 23.6 Å². The zero-order valence-electron chi connectivity index (χ0n) is 11.5. The summed E-state index contributed by atoms with van der Waals surface area (Å²) in [6.07, 6.45) is 5.72. The van der Waals surface area contributed by atoms with E-state index in [1.807, 2.05) is 35.2 Å². The molecular formula is C17H19NO2. The largest absolute Gasteiger partial charge is 0.415 e. The molecular weight excluding hydrogens is 250 g/mol. The smallest absolute Gasteiger partial charge is 0.410 e. The summed E-state index contributed by atoms with van der Waals surface area (Å²) in [4.78, 5) is 14.3. The first-order chi connectivity index (χ1) is 9.84. The van der Waals surface area contributed by atoms with E-state index in [9.17, 15) is 4.79 Å². The molecule has 0 aromatic heterocycles. The second-order valence-corrected chi connectivity index (χ2v) is 6.02. The van der Waals surface area contributed by atoms with Crippen molar-refractivity contribution in [1.82, 2.24) is 4.90 Å². The highest BCUT2D eigenvalue weighted by Gasteiger charge is 2.45. The van der Waals surface area contributed by atoms with Gasteiger partial charge in [-0.3, -0.25) is 0 Å². The molecule has 0 N–H and O–H groups in total. The molecule has 1 saturated carbocycles. The molecule has 2 heterocycles. The van der Waals surface area contributed by atoms with Crippen molar-refractivity contribution < 1.29 is 9.53 Å². The highest BCUT2D eigenvalue weighted by atomic mass is 16.6. The van der Waals surface area contributed by atoms with Gasteiger partial charge < -0.3 is 9.64 Å². The van der Waals surface area contributed by atoms with Crippen LogP contribution in [0.15, 0.2) is 35.9 Å². The third-order valence-electron chi connectivity index (χ3n) is 4.90. The van der Waals surface area contributed by atoms with Crippen molar-refractivity contribution >= 4 is 11.9 Å². The van der Waals surface area contributed by atoms with Crippen molar-refractivity contribution in [2.45, 2.75) is 38.1 Å². The fourth-order valence-corrected chi connectivity index (χ4v) is 4.00. The number of rotatable bonds is 1. The minimum absolute atomic E-state index is 0.147. The van der Waals surface area contributed by atoms with Crippen molar-refractivity contribution in [3.63, 3.8) is 0 Å². The molecule has 20 heavy (non-hydrogen) atoms. The Hall–Kier alpha value is -1.77. The maximum atomic E-state index is 12.4. The second-order valence-electron chi connectivity index (χ2n) is 6.02. The van der Waals surface area contributed by atoms with Gasteiger partial charge in [0.25, 0.3) is 0 Å². The van der Waals surface area contributed by atoms with Crippen molar-refractivity contribution in [2.75, 3.05) is 6.54 Å². The van der Waals surface area contributed by atoms with Crippen LogP contribution in [0.4, 0.5) is 4.79 Å². The molecule has 2 aliphatic heterocycles. The minimum Gasteiger partial charge on any atom is -0.410 e. The van der Waals surface area contributed by atoms with E-state index in [1.54, 1.807) is 0 Å². The predicted octanol–water partition coefficient (Wildman–Crippen LogP) is 3.81. The van der Waals surface area contributed by atoms with Gasteiger partial charge in [0.2, 0.25) is 0 Å². The normalized spacial score (nSPS) is 29.0. The molecule has 2 atom stereocenters. The third-order valence-corrected chi connectivity index (χ3v) is 4.90. The Kier molecular flexibility index (Phi) is 2.79. The molecule has 1 amide bonds. The molecule has 3 heteroatoms. The Bertz CT molecular complexity index is 564. The van der Waals surface area contributed by atoms with Crippen molar-refractivity contribution in [1.29, 1.82) is 0 Å². The summed E-state index contributed by atoms with van der Waals surface area (Å²) in [6, 6.07) is 10.4. The van der Waals surface area contributed by atoms with E-state index in [0.29, 0.717) is 12.0 Å². The molecule has 3 nitrogen and oxygen atoms in total. The van der Waals surface area contributed by atoms with Crippen LogP contribution in [0.25, 0.3) is 5.76 Å². The fourth-order valence-electron chi connectivity index (χ4n) is 4.00. The first kappa shape index (κ1) is 12.0. The lowest BCUT2D eigenvalue weighted by atomic mass is 9.94. The Labute approximate surface area is 119 Å². The van der Waals surface area contributed by atoms with E-state index in [4.69, 9.17) is 4.74 Å². The number of amides is 1. The molecule has 3 aliphatic rings. The molecule has 1 aliphatic carbocycles. The number of benzene rings is 1. The lowest BCUT2D eigenvalue weighted by Gasteiger charge is -2.36. The van der Waals surface area contributed by atoms with Gasteiger partial charge in [0.1, 0.15) is 5.76 Å². The topological polar surface area (TPSA) is 29.5 Å². The maximum Gasteiger partial charge on any atom is 0.415 e. The van der Waals surface area contributed by atoms with Gasteiger partial charge in [-0.1, -0.05) is 36.8 Å². The number of hydrogen-bond acceptors (Lipinski definition) is 2. The number of cyclic esters (lactones) is 1. The number of carbonyl (C=O) groups is 1. The van der Waals surface area contributed by atoms with E-state index in [1.165, 1.54) is 24.8 Å². The lowest BCUT2D eigenvalue weighted by Crippen LogP contribution is -2.45. The molecule has 0 radical (unpaired) electrons. The van der Waals surface area contributed by atoms with Crippen molar-refractivity contribution in [3.8, 4) is 0 Å². The van der Waals surface area contributed by atoms with Gasteiger partial charge in [0.15, 0.2) is 0 Å². The van der Waals surface area contributed by atoms with Gasteiger partial charge in [-0.25, -0.2) is 4.79 Å². The predicted molar refractivity (Wildman–Crippen MR) is 76.9 cm³/mol. The summed E-state index contributed by atoms with van der Waals surface area (Å²) in [5, 5.41) is 0. The zero-order valence-corrected chi connectivity index (χ0v) is 11.5. The van der Waals surface area contributed by atoms with Crippen molar-refractivity contribution in [2.24, 2.45) is 5.92 Å². The summed E-state index contributed by atoms with van der Waals surface area (Å²) in [5.41, 5.74) is 2.39. The van der Waals surface area contributed by atoms with Crippen LogP contribution < -0.4 is 0 Å². The summed E-state index contributed by atoms with van der Waals surface area (Å²) < 4.78 is 5.69. The molecule has 104 valence electrons. The third kappa shape index (κ3) is 1.76. The van der Waals surface area contributed by atoms with Crippen LogP contribution in [0.1, 0.15) is 37.7 Å². The number of carbonyl (C=O) groups excluding carboxylic acids is 1. The Morgan fingerprint density at radius 1 is 1.10 bits per heavy atom. The summed E-state index contributed by atoms with van der Waals surface area (Å²) >= 11 is 0. The fraction of sp³-hybridized carbons (Fsp3) is 0.471. The summed E-state index contributed by atoms with van der Waals surface area (Å²) in [6.45, 7) is 0.853. The molecule has 0 unspecified atom stereocenters. The van der Waals surface area contributed by atoms with Gasteiger partial charge in [-0.15, -0.1) is 0 Å². The van der Waals surface area contributed by atoms with E-state index in [2.05, 4.69) is 0 Å².